The molecule has 32 heavy (non-hydrogen) atoms. The summed E-state index contributed by atoms with van der Waals surface area (Å²) >= 11 is 0. The molecule has 1 saturated heterocycles. The molecule has 0 spiro atoms. The predicted molar refractivity (Wildman–Crippen MR) is 122 cm³/mol. The summed E-state index contributed by atoms with van der Waals surface area (Å²) in [6.07, 6.45) is 5.96. The van der Waals surface area contributed by atoms with Crippen LogP contribution in [0.4, 0.5) is 0 Å². The van der Waals surface area contributed by atoms with E-state index in [1.54, 1.807) is 30.0 Å². The highest BCUT2D eigenvalue weighted by Crippen LogP contribution is 2.11. The van der Waals surface area contributed by atoms with Crippen molar-refractivity contribution in [2.45, 2.75) is 32.2 Å². The number of aryl methyl sites for hydroxylation is 1. The first-order valence-corrected chi connectivity index (χ1v) is 11.2. The lowest BCUT2D eigenvalue weighted by atomic mass is 10.1. The van der Waals surface area contributed by atoms with Gasteiger partial charge in [0.15, 0.2) is 0 Å². The number of carbonyl (C=O) groups is 1. The molecule has 0 bridgehead atoms. The summed E-state index contributed by atoms with van der Waals surface area (Å²) in [6.45, 7) is 4.35. The van der Waals surface area contributed by atoms with E-state index in [2.05, 4.69) is 15.2 Å². The van der Waals surface area contributed by atoms with Gasteiger partial charge in [-0.25, -0.2) is 4.98 Å². The standard InChI is InChI=1S/C23H30N6O3/c1-32-15-7-13-29-20(24)17(22(30)25-9-14-27-10-4-2-5-11-27)16-18-21(29)26-19-8-3-6-12-28(19)23(18)31/h3,6,8,12,16,24H,2,4-5,7,9-11,13-15H2,1H3,(H,25,30). The first kappa shape index (κ1) is 22.2. The van der Waals surface area contributed by atoms with Crippen LogP contribution in [0.5, 0.6) is 0 Å². The van der Waals surface area contributed by atoms with Gasteiger partial charge >= 0.3 is 0 Å². The van der Waals surface area contributed by atoms with Crippen molar-refractivity contribution in [2.75, 3.05) is 39.9 Å². The molecular formula is C23H30N6O3. The van der Waals surface area contributed by atoms with Crippen molar-refractivity contribution in [3.8, 4) is 0 Å². The number of carbonyl (C=O) groups excluding carboxylic acids is 1. The number of rotatable bonds is 8. The maximum Gasteiger partial charge on any atom is 0.267 e. The van der Waals surface area contributed by atoms with Crippen LogP contribution in [0.25, 0.3) is 16.7 Å². The van der Waals surface area contributed by atoms with Crippen LogP contribution in [0.2, 0.25) is 0 Å². The van der Waals surface area contributed by atoms with Crippen LogP contribution < -0.4 is 16.4 Å². The summed E-state index contributed by atoms with van der Waals surface area (Å²) in [5.41, 5.74) is 0.892. The Morgan fingerprint density at radius 1 is 1.22 bits per heavy atom. The van der Waals surface area contributed by atoms with Crippen LogP contribution in [0, 0.1) is 5.41 Å². The summed E-state index contributed by atoms with van der Waals surface area (Å²) in [5.74, 6) is -0.341. The van der Waals surface area contributed by atoms with E-state index < -0.39 is 0 Å². The predicted octanol–water partition coefficient (Wildman–Crippen LogP) is 1.38. The van der Waals surface area contributed by atoms with Gasteiger partial charge in [-0.2, -0.15) is 0 Å². The maximum atomic E-state index is 13.2. The van der Waals surface area contributed by atoms with E-state index in [1.165, 1.54) is 29.7 Å². The third kappa shape index (κ3) is 4.58. The Morgan fingerprint density at radius 2 is 2.03 bits per heavy atom. The van der Waals surface area contributed by atoms with Crippen LogP contribution in [0.15, 0.2) is 35.3 Å². The smallest absolute Gasteiger partial charge is 0.267 e. The van der Waals surface area contributed by atoms with E-state index in [0.29, 0.717) is 42.8 Å². The van der Waals surface area contributed by atoms with Crippen LogP contribution >= 0.6 is 0 Å². The number of fused-ring (bicyclic) bond motifs is 2. The third-order valence-corrected chi connectivity index (χ3v) is 5.96. The first-order valence-electron chi connectivity index (χ1n) is 11.2. The number of nitrogens with zero attached hydrogens (tertiary/aromatic N) is 4. The van der Waals surface area contributed by atoms with Crippen LogP contribution in [0.1, 0.15) is 36.0 Å². The van der Waals surface area contributed by atoms with Crippen molar-refractivity contribution < 1.29 is 9.53 Å². The molecule has 1 fully saturated rings. The lowest BCUT2D eigenvalue weighted by Gasteiger charge is -2.26. The molecule has 3 aromatic rings. The Kier molecular flexibility index (Phi) is 6.96. The zero-order chi connectivity index (χ0) is 22.5. The lowest BCUT2D eigenvalue weighted by Crippen LogP contribution is -2.40. The molecule has 2 N–H and O–H groups in total. The molecule has 1 aliphatic heterocycles. The zero-order valence-corrected chi connectivity index (χ0v) is 18.5. The summed E-state index contributed by atoms with van der Waals surface area (Å²) < 4.78 is 8.26. The van der Waals surface area contributed by atoms with Crippen LogP contribution in [0.3, 0.4) is 0 Å². The van der Waals surface area contributed by atoms with Crippen molar-refractivity contribution in [2.24, 2.45) is 0 Å². The van der Waals surface area contributed by atoms with E-state index in [0.717, 1.165) is 19.6 Å². The molecule has 1 amide bonds. The van der Waals surface area contributed by atoms with E-state index >= 15 is 0 Å². The van der Waals surface area contributed by atoms with Crippen LogP contribution in [-0.4, -0.2) is 64.7 Å². The molecule has 1 aliphatic rings. The number of hydrogen-bond acceptors (Lipinski definition) is 6. The van der Waals surface area contributed by atoms with E-state index in [1.807, 2.05) is 6.07 Å². The minimum atomic E-state index is -0.341. The normalized spacial score (nSPS) is 14.8. The van der Waals surface area contributed by atoms with Gasteiger partial charge in [0.05, 0.1) is 10.9 Å². The summed E-state index contributed by atoms with van der Waals surface area (Å²) in [6, 6.07) is 6.84. The van der Waals surface area contributed by atoms with Gasteiger partial charge in [0.25, 0.3) is 11.5 Å². The molecule has 4 heterocycles. The number of amides is 1. The molecule has 3 aromatic heterocycles. The number of pyridine rings is 2. The quantitative estimate of drug-likeness (QED) is 0.408. The molecule has 4 rings (SSSR count). The average Bonchev–Trinajstić information content (AvgIpc) is 2.81. The van der Waals surface area contributed by atoms with Crippen molar-refractivity contribution in [3.63, 3.8) is 0 Å². The first-order chi connectivity index (χ1) is 15.6. The van der Waals surface area contributed by atoms with Gasteiger partial charge in [0.1, 0.15) is 16.8 Å². The highest BCUT2D eigenvalue weighted by atomic mass is 16.5. The Bertz CT molecular complexity index is 1230. The molecule has 0 aromatic carbocycles. The highest BCUT2D eigenvalue weighted by molar-refractivity contribution is 5.96. The number of hydrogen-bond donors (Lipinski definition) is 2. The number of methoxy groups -OCH3 is 1. The molecule has 0 atom stereocenters. The van der Waals surface area contributed by atoms with Crippen molar-refractivity contribution in [3.05, 3.63) is 51.9 Å². The lowest BCUT2D eigenvalue weighted by molar-refractivity contribution is 0.0944. The molecule has 0 unspecified atom stereocenters. The van der Waals surface area contributed by atoms with E-state index in [4.69, 9.17) is 10.1 Å². The van der Waals surface area contributed by atoms with Crippen molar-refractivity contribution in [1.82, 2.24) is 24.2 Å². The number of piperidine rings is 1. The maximum absolute atomic E-state index is 13.2. The van der Waals surface area contributed by atoms with Gasteiger partial charge in [0.2, 0.25) is 0 Å². The minimum Gasteiger partial charge on any atom is -0.385 e. The largest absolute Gasteiger partial charge is 0.385 e. The zero-order valence-electron chi connectivity index (χ0n) is 18.5. The second-order valence-electron chi connectivity index (χ2n) is 8.15. The fourth-order valence-electron chi connectivity index (χ4n) is 4.25. The molecule has 9 nitrogen and oxygen atoms in total. The second-order valence-corrected chi connectivity index (χ2v) is 8.15. The number of aromatic nitrogens is 3. The van der Waals surface area contributed by atoms with Gasteiger partial charge in [-0.1, -0.05) is 12.5 Å². The SMILES string of the molecule is COCCCn1c(=N)c(C(=O)NCCN2CCCCC2)cc2c(=O)n3ccccc3nc21. The number of nitrogens with one attached hydrogen (secondary N) is 2. The Hall–Kier alpha value is -3.04. The summed E-state index contributed by atoms with van der Waals surface area (Å²) in [7, 11) is 1.62. The molecule has 0 saturated carbocycles. The Labute approximate surface area is 186 Å². The monoisotopic (exact) mass is 438 g/mol. The fraction of sp³-hybridized carbons (Fsp3) is 0.478. The molecule has 170 valence electrons. The summed E-state index contributed by atoms with van der Waals surface area (Å²) in [5, 5.41) is 12.0. The second kappa shape index (κ2) is 10.1. The van der Waals surface area contributed by atoms with E-state index in [9.17, 15) is 9.59 Å². The number of ether oxygens (including phenoxy) is 1. The van der Waals surface area contributed by atoms with Crippen molar-refractivity contribution in [1.29, 1.82) is 5.41 Å². The van der Waals surface area contributed by atoms with Gasteiger partial charge in [-0.15, -0.1) is 0 Å². The highest BCUT2D eigenvalue weighted by Gasteiger charge is 2.18. The fourth-order valence-corrected chi connectivity index (χ4v) is 4.25. The van der Waals surface area contributed by atoms with Crippen molar-refractivity contribution >= 4 is 22.6 Å². The van der Waals surface area contributed by atoms with Gasteiger partial charge in [0, 0.05) is 39.5 Å². The Morgan fingerprint density at radius 3 is 2.81 bits per heavy atom. The minimum absolute atomic E-state index is 0.0521. The Balaban J connectivity index is 1.69. The number of likely N-dealkylation sites (tertiary alicyclic amines) is 1. The molecule has 0 radical (unpaired) electrons. The molecule has 0 aliphatic carbocycles. The molecule has 9 heteroatoms. The molecular weight excluding hydrogens is 408 g/mol. The van der Waals surface area contributed by atoms with Crippen LogP contribution in [-0.2, 0) is 11.3 Å². The summed E-state index contributed by atoms with van der Waals surface area (Å²) in [4.78, 5) is 33.1. The van der Waals surface area contributed by atoms with Gasteiger partial charge < -0.3 is 19.5 Å². The van der Waals surface area contributed by atoms with Gasteiger partial charge in [-0.3, -0.25) is 19.4 Å². The van der Waals surface area contributed by atoms with Gasteiger partial charge in [-0.05, 0) is 50.6 Å². The average molecular weight is 439 g/mol. The van der Waals surface area contributed by atoms with E-state index in [-0.39, 0.29) is 22.5 Å². The topological polar surface area (TPSA) is 105 Å². The third-order valence-electron chi connectivity index (χ3n) is 5.96.